The van der Waals surface area contributed by atoms with E-state index in [0.717, 1.165) is 27.7 Å². The van der Waals surface area contributed by atoms with Gasteiger partial charge in [-0.05, 0) is 60.9 Å². The molecule has 2 aromatic carbocycles. The Morgan fingerprint density at radius 3 is 2.74 bits per heavy atom. The highest BCUT2D eigenvalue weighted by atomic mass is 79.9. The van der Waals surface area contributed by atoms with E-state index < -0.39 is 6.04 Å². The van der Waals surface area contributed by atoms with Gasteiger partial charge in [0.05, 0.1) is 6.61 Å². The fourth-order valence-corrected chi connectivity index (χ4v) is 3.39. The van der Waals surface area contributed by atoms with E-state index in [4.69, 9.17) is 4.74 Å². The monoisotopic (exact) mass is 377 g/mol. The second-order valence-corrected chi connectivity index (χ2v) is 6.33. The summed E-state index contributed by atoms with van der Waals surface area (Å²) in [6.07, 6.45) is 0.821. The van der Waals surface area contributed by atoms with Crippen LogP contribution in [-0.4, -0.2) is 19.1 Å². The van der Waals surface area contributed by atoms with Crippen LogP contribution < -0.4 is 4.90 Å². The first kappa shape index (κ1) is 16.0. The number of halogens is 2. The van der Waals surface area contributed by atoms with E-state index in [1.165, 1.54) is 12.1 Å². The predicted molar refractivity (Wildman–Crippen MR) is 91.0 cm³/mol. The first-order valence-corrected chi connectivity index (χ1v) is 8.36. The van der Waals surface area contributed by atoms with E-state index >= 15 is 0 Å². The summed E-state index contributed by atoms with van der Waals surface area (Å²) in [4.78, 5) is 14.5. The lowest BCUT2D eigenvalue weighted by atomic mass is 9.92. The minimum atomic E-state index is -0.503. The van der Waals surface area contributed by atoms with Crippen molar-refractivity contribution in [2.24, 2.45) is 0 Å². The summed E-state index contributed by atoms with van der Waals surface area (Å²) in [5, 5.41) is 0. The predicted octanol–water partition coefficient (Wildman–Crippen LogP) is 4.26. The number of carbonyl (C=O) groups excluding carboxylic acids is 1. The third-order valence-corrected chi connectivity index (χ3v) is 4.49. The van der Waals surface area contributed by atoms with Gasteiger partial charge >= 0.3 is 5.97 Å². The van der Waals surface area contributed by atoms with Crippen molar-refractivity contribution in [1.29, 1.82) is 0 Å². The second-order valence-electron chi connectivity index (χ2n) is 5.42. The number of carbonyl (C=O) groups is 1. The number of hydrogen-bond acceptors (Lipinski definition) is 3. The zero-order valence-electron chi connectivity index (χ0n) is 12.8. The Morgan fingerprint density at radius 2 is 2.04 bits per heavy atom. The van der Waals surface area contributed by atoms with Gasteiger partial charge in [-0.3, -0.25) is 0 Å². The zero-order chi connectivity index (χ0) is 16.4. The SMILES string of the molecule is CCOC(=O)C1c2ccc(Br)cc2CCN1c1ccc(F)cc1. The highest BCUT2D eigenvalue weighted by Crippen LogP contribution is 2.35. The highest BCUT2D eigenvalue weighted by molar-refractivity contribution is 9.10. The van der Waals surface area contributed by atoms with Crippen molar-refractivity contribution in [3.63, 3.8) is 0 Å². The molecule has 0 aliphatic carbocycles. The van der Waals surface area contributed by atoms with Gasteiger partial charge in [0, 0.05) is 16.7 Å². The average molecular weight is 378 g/mol. The fourth-order valence-electron chi connectivity index (χ4n) is 2.98. The molecule has 3 nitrogen and oxygen atoms in total. The van der Waals surface area contributed by atoms with Gasteiger partial charge in [-0.1, -0.05) is 22.0 Å². The summed E-state index contributed by atoms with van der Waals surface area (Å²) in [7, 11) is 0. The highest BCUT2D eigenvalue weighted by Gasteiger charge is 2.34. The number of ether oxygens (including phenoxy) is 1. The van der Waals surface area contributed by atoms with Gasteiger partial charge in [0.15, 0.2) is 6.04 Å². The van der Waals surface area contributed by atoms with E-state index in [2.05, 4.69) is 15.9 Å². The molecule has 120 valence electrons. The van der Waals surface area contributed by atoms with E-state index in [0.29, 0.717) is 13.2 Å². The van der Waals surface area contributed by atoms with E-state index in [1.807, 2.05) is 23.1 Å². The largest absolute Gasteiger partial charge is 0.464 e. The van der Waals surface area contributed by atoms with Gasteiger partial charge in [0.2, 0.25) is 0 Å². The number of esters is 1. The molecule has 0 radical (unpaired) electrons. The van der Waals surface area contributed by atoms with Gasteiger partial charge in [-0.15, -0.1) is 0 Å². The maximum Gasteiger partial charge on any atom is 0.333 e. The smallest absolute Gasteiger partial charge is 0.333 e. The van der Waals surface area contributed by atoms with Crippen LogP contribution in [0.4, 0.5) is 10.1 Å². The Hall–Kier alpha value is -1.88. The van der Waals surface area contributed by atoms with Gasteiger partial charge in [-0.25, -0.2) is 9.18 Å². The third kappa shape index (κ3) is 3.24. The number of rotatable bonds is 3. The molecule has 1 aliphatic rings. The lowest BCUT2D eigenvalue weighted by Crippen LogP contribution is -2.40. The summed E-state index contributed by atoms with van der Waals surface area (Å²) < 4.78 is 19.5. The van der Waals surface area contributed by atoms with Crippen LogP contribution in [0.2, 0.25) is 0 Å². The van der Waals surface area contributed by atoms with Crippen molar-refractivity contribution < 1.29 is 13.9 Å². The number of benzene rings is 2. The summed E-state index contributed by atoms with van der Waals surface area (Å²) >= 11 is 3.47. The minimum Gasteiger partial charge on any atom is -0.464 e. The van der Waals surface area contributed by atoms with Crippen molar-refractivity contribution in [3.8, 4) is 0 Å². The Labute approximate surface area is 143 Å². The molecule has 0 bridgehead atoms. The Kier molecular flexibility index (Phi) is 4.66. The number of nitrogens with zero attached hydrogens (tertiary/aromatic N) is 1. The molecule has 1 atom stereocenters. The van der Waals surface area contributed by atoms with Crippen molar-refractivity contribution in [1.82, 2.24) is 0 Å². The van der Waals surface area contributed by atoms with E-state index in [-0.39, 0.29) is 11.8 Å². The number of anilines is 1. The molecule has 0 fully saturated rings. The van der Waals surface area contributed by atoms with Crippen LogP contribution in [0.3, 0.4) is 0 Å². The summed E-state index contributed by atoms with van der Waals surface area (Å²) in [6.45, 7) is 2.81. The van der Waals surface area contributed by atoms with E-state index in [1.54, 1.807) is 19.1 Å². The molecule has 1 heterocycles. The summed E-state index contributed by atoms with van der Waals surface area (Å²) in [5.74, 6) is -0.567. The zero-order valence-corrected chi connectivity index (χ0v) is 14.3. The molecule has 1 unspecified atom stereocenters. The number of hydrogen-bond donors (Lipinski definition) is 0. The molecule has 2 aromatic rings. The Bertz CT molecular complexity index is 717. The van der Waals surface area contributed by atoms with Crippen LogP contribution in [0.1, 0.15) is 24.1 Å². The molecule has 0 saturated heterocycles. The molecule has 0 saturated carbocycles. The van der Waals surface area contributed by atoms with Crippen LogP contribution in [-0.2, 0) is 16.0 Å². The molecule has 0 spiro atoms. The van der Waals surface area contributed by atoms with Crippen LogP contribution in [0, 0.1) is 5.82 Å². The molecule has 5 heteroatoms. The minimum absolute atomic E-state index is 0.278. The van der Waals surface area contributed by atoms with Crippen molar-refractivity contribution in [2.45, 2.75) is 19.4 Å². The average Bonchev–Trinajstić information content (AvgIpc) is 2.54. The molecular formula is C18H17BrFNO2. The summed E-state index contributed by atoms with van der Waals surface area (Å²) in [5.41, 5.74) is 2.90. The van der Waals surface area contributed by atoms with Crippen molar-refractivity contribution in [2.75, 3.05) is 18.1 Å². The molecule has 0 N–H and O–H groups in total. The van der Waals surface area contributed by atoms with Crippen LogP contribution in [0.25, 0.3) is 0 Å². The van der Waals surface area contributed by atoms with Gasteiger partial charge < -0.3 is 9.64 Å². The molecule has 1 aliphatic heterocycles. The van der Waals surface area contributed by atoms with Crippen LogP contribution >= 0.6 is 15.9 Å². The van der Waals surface area contributed by atoms with Crippen molar-refractivity contribution in [3.05, 3.63) is 63.9 Å². The standard InChI is InChI=1S/C18H17BrFNO2/c1-2-23-18(22)17-16-8-3-13(19)11-12(16)9-10-21(17)15-6-4-14(20)5-7-15/h3-8,11,17H,2,9-10H2,1H3. The lowest BCUT2D eigenvalue weighted by molar-refractivity contribution is -0.145. The quantitative estimate of drug-likeness (QED) is 0.748. The van der Waals surface area contributed by atoms with Gasteiger partial charge in [0.1, 0.15) is 5.82 Å². The molecule has 23 heavy (non-hydrogen) atoms. The molecule has 0 aromatic heterocycles. The molecular weight excluding hydrogens is 361 g/mol. The third-order valence-electron chi connectivity index (χ3n) is 4.00. The van der Waals surface area contributed by atoms with Crippen LogP contribution in [0.5, 0.6) is 0 Å². The first-order chi connectivity index (χ1) is 11.1. The van der Waals surface area contributed by atoms with Gasteiger partial charge in [-0.2, -0.15) is 0 Å². The lowest BCUT2D eigenvalue weighted by Gasteiger charge is -2.37. The normalized spacial score (nSPS) is 16.8. The maximum atomic E-state index is 13.2. The topological polar surface area (TPSA) is 29.5 Å². The Morgan fingerprint density at radius 1 is 1.30 bits per heavy atom. The van der Waals surface area contributed by atoms with E-state index in [9.17, 15) is 9.18 Å². The summed E-state index contributed by atoms with van der Waals surface area (Å²) in [6, 6.07) is 11.6. The first-order valence-electron chi connectivity index (χ1n) is 7.57. The van der Waals surface area contributed by atoms with Crippen molar-refractivity contribution >= 4 is 27.6 Å². The molecule has 3 rings (SSSR count). The Balaban J connectivity index is 2.03. The second kappa shape index (κ2) is 6.71. The van der Waals surface area contributed by atoms with Crippen LogP contribution in [0.15, 0.2) is 46.9 Å². The number of fused-ring (bicyclic) bond motifs is 1. The van der Waals surface area contributed by atoms with Gasteiger partial charge in [0.25, 0.3) is 0 Å². The maximum absolute atomic E-state index is 13.2. The fraction of sp³-hybridized carbons (Fsp3) is 0.278. The molecule has 0 amide bonds.